The number of rotatable bonds is 1. The molecule has 0 aliphatic carbocycles. The van der Waals surface area contributed by atoms with Gasteiger partial charge in [-0.3, -0.25) is 0 Å². The number of hydrogen-bond acceptors (Lipinski definition) is 1. The van der Waals surface area contributed by atoms with E-state index in [1.54, 1.807) is 0 Å². The summed E-state index contributed by atoms with van der Waals surface area (Å²) in [4.78, 5) is 0. The topological polar surface area (TPSA) is 23.8 Å². The van der Waals surface area contributed by atoms with Crippen LogP contribution in [0.1, 0.15) is 0 Å². The fourth-order valence-electron chi connectivity index (χ4n) is 0.150. The maximum absolute atomic E-state index is 8.72. The van der Waals surface area contributed by atoms with Crippen molar-refractivity contribution in [3.8, 4) is 5.81 Å². The van der Waals surface area contributed by atoms with Gasteiger partial charge in [0.2, 0.25) is 0 Å². The summed E-state index contributed by atoms with van der Waals surface area (Å²) in [6.45, 7) is 2.06. The number of nitriles is 1. The molecule has 2 nitrogen and oxygen atoms in total. The molecule has 0 saturated carbocycles. The van der Waals surface area contributed by atoms with E-state index in [2.05, 4.69) is 55.7 Å². The first-order chi connectivity index (χ1) is 3.81. The second-order valence-electron chi connectivity index (χ2n) is 3.08. The Balaban J connectivity index is 4.39. The van der Waals surface area contributed by atoms with Crippen molar-refractivity contribution in [3.05, 3.63) is 0 Å². The molecule has 0 aliphatic heterocycles. The van der Waals surface area contributed by atoms with E-state index in [0.29, 0.717) is 0 Å². The van der Waals surface area contributed by atoms with Gasteiger partial charge in [0.25, 0.3) is 0 Å². The van der Waals surface area contributed by atoms with Crippen LogP contribution in [0.2, 0.25) is 0 Å². The first kappa shape index (κ1) is 9.61. The minimum atomic E-state index is -1.67. The molecular formula is C5H13IN2P+. The van der Waals surface area contributed by atoms with Gasteiger partial charge in [0.05, 0.1) is 0 Å². The number of hydrogen-bond donors (Lipinski definition) is 0. The van der Waals surface area contributed by atoms with Crippen LogP contribution in [0.4, 0.5) is 0 Å². The molecule has 0 amide bonds. The van der Waals surface area contributed by atoms with Gasteiger partial charge in [-0.1, -0.05) is 0 Å². The van der Waals surface area contributed by atoms with Gasteiger partial charge in [-0.15, -0.1) is 0 Å². The fourth-order valence-corrected chi connectivity index (χ4v) is 0.450. The van der Waals surface area contributed by atoms with E-state index < -0.39 is 5.06 Å². The Morgan fingerprint density at radius 2 is 1.78 bits per heavy atom. The van der Waals surface area contributed by atoms with E-state index in [1.807, 2.05) is 0 Å². The Bertz CT molecular complexity index is 142. The van der Waals surface area contributed by atoms with Crippen molar-refractivity contribution in [2.24, 2.45) is 0 Å². The van der Waals surface area contributed by atoms with Crippen LogP contribution in [-0.4, -0.2) is 32.1 Å². The average Bonchev–Trinajstić information content (AvgIpc) is 1.64. The van der Waals surface area contributed by atoms with Gasteiger partial charge in [-0.05, 0) is 0 Å². The minimum absolute atomic E-state index is 0.810. The molecule has 0 aromatic heterocycles. The Kier molecular flexibility index (Phi) is 2.87. The molecule has 0 N–H and O–H groups in total. The van der Waals surface area contributed by atoms with Crippen molar-refractivity contribution in [2.75, 3.05) is 27.8 Å². The third kappa shape index (κ3) is 2.37. The number of quaternary nitrogens is 1. The van der Waals surface area contributed by atoms with Crippen molar-refractivity contribution >= 4 is 27.1 Å². The van der Waals surface area contributed by atoms with Crippen LogP contribution in [0.3, 0.4) is 0 Å². The Morgan fingerprint density at radius 1 is 1.44 bits per heavy atom. The molecule has 9 heavy (non-hydrogen) atoms. The van der Waals surface area contributed by atoms with Gasteiger partial charge >= 0.3 is 70.2 Å². The average molecular weight is 259 g/mol. The van der Waals surface area contributed by atoms with E-state index in [1.165, 1.54) is 0 Å². The summed E-state index contributed by atoms with van der Waals surface area (Å²) >= 11 is 2.30. The standard InChI is InChI=1S/C5H13IN2P/c1-8(2,3)9(4,6)5-7/h9H,1-4H3/q+1. The van der Waals surface area contributed by atoms with Gasteiger partial charge in [-0.25, -0.2) is 0 Å². The van der Waals surface area contributed by atoms with Crippen molar-refractivity contribution in [2.45, 2.75) is 0 Å². The van der Waals surface area contributed by atoms with Gasteiger partial charge in [0.15, 0.2) is 0 Å². The molecule has 54 valence electrons. The molecule has 0 unspecified atom stereocenters. The van der Waals surface area contributed by atoms with Gasteiger partial charge in [-0.2, -0.15) is 0 Å². The molecule has 0 spiro atoms. The van der Waals surface area contributed by atoms with E-state index in [9.17, 15) is 0 Å². The first-order valence-electron chi connectivity index (χ1n) is 2.73. The summed E-state index contributed by atoms with van der Waals surface area (Å²) in [5, 5.41) is 7.05. The van der Waals surface area contributed by atoms with Crippen LogP contribution in [0, 0.1) is 11.1 Å². The molecule has 0 heterocycles. The van der Waals surface area contributed by atoms with Crippen LogP contribution in [0.15, 0.2) is 0 Å². The van der Waals surface area contributed by atoms with Crippen LogP contribution >= 0.6 is 27.1 Å². The van der Waals surface area contributed by atoms with Crippen LogP contribution in [0.25, 0.3) is 0 Å². The Morgan fingerprint density at radius 3 is 1.78 bits per heavy atom. The zero-order valence-corrected chi connectivity index (χ0v) is 9.43. The molecule has 0 fully saturated rings. The number of nitrogens with zero attached hydrogens (tertiary/aromatic N) is 2. The molecular weight excluding hydrogens is 246 g/mol. The molecule has 0 aromatic carbocycles. The summed E-state index contributed by atoms with van der Waals surface area (Å²) in [6.07, 6.45) is 0. The van der Waals surface area contributed by atoms with Crippen LogP contribution in [0.5, 0.6) is 0 Å². The molecule has 0 bridgehead atoms. The molecule has 0 rings (SSSR count). The summed E-state index contributed by atoms with van der Waals surface area (Å²) in [6, 6.07) is 0. The zero-order chi connectivity index (χ0) is 7.71. The normalized spacial score (nSPS) is 14.7. The molecule has 0 aliphatic rings. The SMILES string of the molecule is C[N+](C)(C)[PH](C)(I)C#N. The predicted molar refractivity (Wildman–Crippen MR) is 51.9 cm³/mol. The zero-order valence-electron chi connectivity index (χ0n) is 6.27. The second kappa shape index (κ2) is 2.69. The molecule has 0 aromatic rings. The predicted octanol–water partition coefficient (Wildman–Crippen LogP) is 1.82. The Labute approximate surface area is 70.3 Å². The van der Waals surface area contributed by atoms with Gasteiger partial charge in [0, 0.05) is 0 Å². The third-order valence-electron chi connectivity index (χ3n) is 1.46. The molecule has 0 saturated heterocycles. The summed E-state index contributed by atoms with van der Waals surface area (Å²) in [5.74, 6) is 2.38. The molecule has 0 radical (unpaired) electrons. The summed E-state index contributed by atoms with van der Waals surface area (Å²) < 4.78 is 0.810. The summed E-state index contributed by atoms with van der Waals surface area (Å²) in [7, 11) is 6.21. The van der Waals surface area contributed by atoms with E-state index in [0.717, 1.165) is 4.25 Å². The quantitative estimate of drug-likeness (QED) is 0.520. The van der Waals surface area contributed by atoms with Gasteiger partial charge < -0.3 is 0 Å². The first-order valence-corrected chi connectivity index (χ1v) is 8.29. The number of halogens is 1. The molecule has 0 atom stereocenters. The van der Waals surface area contributed by atoms with Crippen LogP contribution < -0.4 is 0 Å². The van der Waals surface area contributed by atoms with E-state index in [4.69, 9.17) is 5.26 Å². The third-order valence-corrected chi connectivity index (χ3v) is 9.46. The van der Waals surface area contributed by atoms with Gasteiger partial charge in [0.1, 0.15) is 0 Å². The van der Waals surface area contributed by atoms with Crippen molar-refractivity contribution in [1.82, 2.24) is 0 Å². The Hall–Kier alpha value is 0.610. The van der Waals surface area contributed by atoms with Crippen LogP contribution in [-0.2, 0) is 0 Å². The van der Waals surface area contributed by atoms with Crippen molar-refractivity contribution in [3.63, 3.8) is 0 Å². The van der Waals surface area contributed by atoms with Crippen molar-refractivity contribution < 1.29 is 4.25 Å². The monoisotopic (exact) mass is 259 g/mol. The molecule has 4 heteroatoms. The summed E-state index contributed by atoms with van der Waals surface area (Å²) in [5.41, 5.74) is 0. The second-order valence-corrected chi connectivity index (χ2v) is 12.9. The maximum atomic E-state index is 8.72. The van der Waals surface area contributed by atoms with E-state index >= 15 is 0 Å². The van der Waals surface area contributed by atoms with Crippen molar-refractivity contribution in [1.29, 1.82) is 5.26 Å². The fraction of sp³-hybridized carbons (Fsp3) is 0.800. The van der Waals surface area contributed by atoms with E-state index in [-0.39, 0.29) is 0 Å².